The van der Waals surface area contributed by atoms with Crippen LogP contribution in [0.4, 0.5) is 4.79 Å². The maximum absolute atomic E-state index is 13.9. The van der Waals surface area contributed by atoms with Crippen molar-refractivity contribution in [2.45, 2.75) is 52.2 Å². The van der Waals surface area contributed by atoms with E-state index in [0.29, 0.717) is 49.6 Å². The van der Waals surface area contributed by atoms with Crippen molar-refractivity contribution in [3.05, 3.63) is 75.2 Å². The quantitative estimate of drug-likeness (QED) is 0.397. The van der Waals surface area contributed by atoms with Crippen LogP contribution in [0.1, 0.15) is 45.0 Å². The van der Waals surface area contributed by atoms with E-state index in [0.717, 1.165) is 23.0 Å². The molecule has 1 aliphatic heterocycles. The zero-order valence-electron chi connectivity index (χ0n) is 21.6. The summed E-state index contributed by atoms with van der Waals surface area (Å²) in [5.74, 6) is 1.06. The number of methoxy groups -OCH3 is 1. The molecule has 1 aliphatic rings. The van der Waals surface area contributed by atoms with E-state index < -0.39 is 0 Å². The largest absolute Gasteiger partial charge is 0.453 e. The number of fused-ring (bicyclic) bond motifs is 2. The monoisotopic (exact) mass is 503 g/mol. The van der Waals surface area contributed by atoms with Gasteiger partial charge in [0.1, 0.15) is 5.82 Å². The average molecular weight is 504 g/mol. The smallest absolute Gasteiger partial charge is 0.409 e. The molecule has 2 aromatic heterocycles. The van der Waals surface area contributed by atoms with Crippen molar-refractivity contribution in [2.75, 3.05) is 20.2 Å². The Morgan fingerprint density at radius 2 is 1.62 bits per heavy atom. The zero-order chi connectivity index (χ0) is 26.1. The third-order valence-corrected chi connectivity index (χ3v) is 7.33. The molecule has 1 amide bonds. The fraction of sp³-hybridized carbons (Fsp3) is 0.429. The van der Waals surface area contributed by atoms with Crippen LogP contribution >= 0.6 is 0 Å². The zero-order valence-corrected chi connectivity index (χ0v) is 21.6. The molecule has 0 radical (unpaired) electrons. The number of carbonyl (C=O) groups is 1. The van der Waals surface area contributed by atoms with E-state index in [1.54, 1.807) is 15.5 Å². The lowest BCUT2D eigenvalue weighted by atomic mass is 10.1. The molecular formula is C28H33N5O4. The number of ether oxygens (including phenoxy) is 1. The van der Waals surface area contributed by atoms with Crippen LogP contribution in [-0.2, 0) is 17.8 Å². The minimum atomic E-state index is -0.338. The lowest BCUT2D eigenvalue weighted by molar-refractivity contribution is 0.107. The van der Waals surface area contributed by atoms with Crippen LogP contribution in [0.3, 0.4) is 0 Å². The summed E-state index contributed by atoms with van der Waals surface area (Å²) >= 11 is 0. The topological polar surface area (TPSA) is 91.4 Å². The number of imidazole rings is 1. The van der Waals surface area contributed by atoms with Crippen LogP contribution in [0.25, 0.3) is 21.9 Å². The Hall–Kier alpha value is -3.88. The highest BCUT2D eigenvalue weighted by atomic mass is 16.5. The van der Waals surface area contributed by atoms with Gasteiger partial charge in [0.05, 0.1) is 35.6 Å². The average Bonchev–Trinajstić information content (AvgIpc) is 3.19. The van der Waals surface area contributed by atoms with E-state index in [2.05, 4.69) is 23.4 Å². The molecule has 0 bridgehead atoms. The van der Waals surface area contributed by atoms with Gasteiger partial charge in [-0.2, -0.15) is 4.98 Å². The molecular weight excluding hydrogens is 470 g/mol. The molecule has 0 spiro atoms. The Morgan fingerprint density at radius 1 is 0.973 bits per heavy atom. The number of aromatic nitrogens is 4. The molecule has 5 rings (SSSR count). The molecule has 3 heterocycles. The first-order valence-corrected chi connectivity index (χ1v) is 12.9. The first-order valence-electron chi connectivity index (χ1n) is 12.9. The summed E-state index contributed by atoms with van der Waals surface area (Å²) in [7, 11) is 1.38. The highest BCUT2D eigenvalue weighted by Crippen LogP contribution is 2.26. The first kappa shape index (κ1) is 24.8. The molecule has 0 atom stereocenters. The molecule has 0 unspecified atom stereocenters. The summed E-state index contributed by atoms with van der Waals surface area (Å²) in [6.07, 6.45) is 1.92. The number of aryl methyl sites for hydroxylation is 1. The Kier molecular flexibility index (Phi) is 6.86. The lowest BCUT2D eigenvalue weighted by Gasteiger charge is -2.31. The molecule has 4 aromatic rings. The lowest BCUT2D eigenvalue weighted by Crippen LogP contribution is -2.41. The number of nitrogens with zero attached hydrogens (tertiary/aromatic N) is 5. The Labute approximate surface area is 214 Å². The number of hydrogen-bond donors (Lipinski definition) is 0. The van der Waals surface area contributed by atoms with Crippen molar-refractivity contribution in [1.29, 1.82) is 0 Å². The third kappa shape index (κ3) is 4.65. The summed E-state index contributed by atoms with van der Waals surface area (Å²) in [5.41, 5.74) is 2.08. The number of hydrogen-bond acceptors (Lipinski definition) is 5. The van der Waals surface area contributed by atoms with Gasteiger partial charge in [-0.15, -0.1) is 0 Å². The van der Waals surface area contributed by atoms with Gasteiger partial charge in [-0.3, -0.25) is 13.9 Å². The van der Waals surface area contributed by atoms with Crippen molar-refractivity contribution in [2.24, 2.45) is 5.92 Å². The van der Waals surface area contributed by atoms with Crippen molar-refractivity contribution >= 4 is 28.0 Å². The summed E-state index contributed by atoms with van der Waals surface area (Å²) in [6, 6.07) is 15.2. The van der Waals surface area contributed by atoms with Crippen LogP contribution in [-0.4, -0.2) is 49.9 Å². The van der Waals surface area contributed by atoms with Crippen molar-refractivity contribution in [3.63, 3.8) is 0 Å². The number of piperidine rings is 1. The second-order valence-electron chi connectivity index (χ2n) is 10.1. The maximum Gasteiger partial charge on any atom is 0.409 e. The van der Waals surface area contributed by atoms with Gasteiger partial charge in [-0.1, -0.05) is 38.1 Å². The van der Waals surface area contributed by atoms with E-state index in [9.17, 15) is 14.4 Å². The van der Waals surface area contributed by atoms with Crippen molar-refractivity contribution < 1.29 is 9.53 Å². The number of rotatable bonds is 6. The summed E-state index contributed by atoms with van der Waals surface area (Å²) in [4.78, 5) is 44.9. The molecule has 1 saturated heterocycles. The van der Waals surface area contributed by atoms with Gasteiger partial charge < -0.3 is 14.2 Å². The molecule has 1 fully saturated rings. The van der Waals surface area contributed by atoms with E-state index in [1.165, 1.54) is 7.11 Å². The minimum Gasteiger partial charge on any atom is -0.453 e. The molecule has 0 saturated carbocycles. The molecule has 9 heteroatoms. The van der Waals surface area contributed by atoms with Crippen molar-refractivity contribution in [1.82, 2.24) is 23.6 Å². The van der Waals surface area contributed by atoms with Gasteiger partial charge >= 0.3 is 11.8 Å². The SMILES string of the molecule is COC(=O)N1CCC(n2c(=O)n(Cc3nc(=O)c4ccccc4n3CCC(C)C)c3ccccc32)CC1. The Bertz CT molecular complexity index is 1560. The molecule has 194 valence electrons. The fourth-order valence-corrected chi connectivity index (χ4v) is 5.34. The highest BCUT2D eigenvalue weighted by molar-refractivity contribution is 5.78. The summed E-state index contributed by atoms with van der Waals surface area (Å²) in [5, 5.41) is 0.585. The van der Waals surface area contributed by atoms with Crippen LogP contribution in [0, 0.1) is 5.92 Å². The van der Waals surface area contributed by atoms with E-state index in [-0.39, 0.29) is 29.9 Å². The first-order chi connectivity index (χ1) is 17.9. The molecule has 0 aliphatic carbocycles. The molecule has 2 aromatic carbocycles. The van der Waals surface area contributed by atoms with Crippen LogP contribution in [0.5, 0.6) is 0 Å². The second-order valence-corrected chi connectivity index (χ2v) is 10.1. The molecule has 9 nitrogen and oxygen atoms in total. The van der Waals surface area contributed by atoms with Crippen LogP contribution in [0.15, 0.2) is 58.1 Å². The van der Waals surface area contributed by atoms with Gasteiger partial charge in [-0.05, 0) is 49.4 Å². The maximum atomic E-state index is 13.9. The van der Waals surface area contributed by atoms with Gasteiger partial charge in [0.25, 0.3) is 5.56 Å². The Balaban J connectivity index is 1.58. The fourth-order valence-electron chi connectivity index (χ4n) is 5.34. The predicted molar refractivity (Wildman–Crippen MR) is 143 cm³/mol. The van der Waals surface area contributed by atoms with Gasteiger partial charge in [-0.25, -0.2) is 9.59 Å². The predicted octanol–water partition coefficient (Wildman–Crippen LogP) is 4.01. The molecule has 0 N–H and O–H groups in total. The van der Waals surface area contributed by atoms with E-state index >= 15 is 0 Å². The standard InChI is InChI=1S/C28H33N5O4/c1-19(2)12-17-31-22-9-5-4-8-21(22)26(34)29-25(31)18-32-23-10-6-7-11-24(23)33(27(32)35)20-13-15-30(16-14-20)28(36)37-3/h4-11,19-20H,12-18H2,1-3H3. The normalized spacial score (nSPS) is 14.6. The van der Waals surface area contributed by atoms with Crippen molar-refractivity contribution in [3.8, 4) is 0 Å². The molecule has 37 heavy (non-hydrogen) atoms. The number of benzene rings is 2. The van der Waals surface area contributed by atoms with Gasteiger partial charge in [0.2, 0.25) is 0 Å². The van der Waals surface area contributed by atoms with E-state index in [4.69, 9.17) is 4.74 Å². The van der Waals surface area contributed by atoms with Crippen LogP contribution < -0.4 is 11.2 Å². The third-order valence-electron chi connectivity index (χ3n) is 7.33. The minimum absolute atomic E-state index is 0.0350. The highest BCUT2D eigenvalue weighted by Gasteiger charge is 2.28. The second kappa shape index (κ2) is 10.2. The number of amides is 1. The number of para-hydroxylation sites is 3. The summed E-state index contributed by atoms with van der Waals surface area (Å²) < 4.78 is 10.5. The van der Waals surface area contributed by atoms with Gasteiger partial charge in [0.15, 0.2) is 0 Å². The Morgan fingerprint density at radius 3 is 2.30 bits per heavy atom. The van der Waals surface area contributed by atoms with Crippen LogP contribution in [0.2, 0.25) is 0 Å². The van der Waals surface area contributed by atoms with E-state index in [1.807, 2.05) is 47.0 Å². The summed E-state index contributed by atoms with van der Waals surface area (Å²) in [6.45, 7) is 6.31. The van der Waals surface area contributed by atoms with Gasteiger partial charge in [0, 0.05) is 25.7 Å². The number of likely N-dealkylation sites (tertiary alicyclic amines) is 1. The number of carbonyl (C=O) groups excluding carboxylic acids is 1.